The molecule has 1 atom stereocenters. The van der Waals surface area contributed by atoms with Crippen molar-refractivity contribution < 1.29 is 24.2 Å². The molecule has 7 nitrogen and oxygen atoms in total. The monoisotopic (exact) mass is 400 g/mol. The van der Waals surface area contributed by atoms with Crippen LogP contribution in [0.25, 0.3) is 0 Å². The van der Waals surface area contributed by atoms with Crippen molar-refractivity contribution in [1.82, 2.24) is 10.6 Å². The third-order valence-corrected chi connectivity index (χ3v) is 3.88. The number of nitrogens with one attached hydrogen (secondary N) is 2. The Bertz CT molecular complexity index is 604. The smallest absolute Gasteiger partial charge is 0.407 e. The van der Waals surface area contributed by atoms with Gasteiger partial charge in [0, 0.05) is 17.1 Å². The third-order valence-electron chi connectivity index (χ3n) is 3.51. The largest absolute Gasteiger partial charge is 0.445 e. The molecule has 0 fully saturated rings. The number of unbranched alkanes of at least 4 members (excludes halogenated alkanes) is 1. The maximum atomic E-state index is 11.8. The maximum absolute atomic E-state index is 11.8. The molecule has 8 heteroatoms. The van der Waals surface area contributed by atoms with Gasteiger partial charge in [0.2, 0.25) is 0 Å². The molecule has 0 aromatic heterocycles. The van der Waals surface area contributed by atoms with Crippen LogP contribution in [0.15, 0.2) is 24.3 Å². The van der Waals surface area contributed by atoms with Crippen molar-refractivity contribution in [1.29, 1.82) is 0 Å². The Balaban J connectivity index is 2.21. The second kappa shape index (κ2) is 11.7. The predicted octanol–water partition coefficient (Wildman–Crippen LogP) is 3.62. The van der Waals surface area contributed by atoms with Crippen LogP contribution >= 0.6 is 11.6 Å². The number of alkyl carbamates (subject to hydrolysis) is 2. The van der Waals surface area contributed by atoms with Gasteiger partial charge in [-0.25, -0.2) is 9.59 Å². The first-order chi connectivity index (χ1) is 12.7. The van der Waals surface area contributed by atoms with E-state index in [1.54, 1.807) is 39.0 Å². The molecule has 27 heavy (non-hydrogen) atoms. The van der Waals surface area contributed by atoms with E-state index in [0.29, 0.717) is 36.4 Å². The fourth-order valence-corrected chi connectivity index (χ4v) is 2.39. The summed E-state index contributed by atoms with van der Waals surface area (Å²) >= 11 is 6.01. The highest BCUT2D eigenvalue weighted by Crippen LogP contribution is 2.15. The highest BCUT2D eigenvalue weighted by molar-refractivity contribution is 6.31. The van der Waals surface area contributed by atoms with Crippen LogP contribution in [0.1, 0.15) is 45.6 Å². The fourth-order valence-electron chi connectivity index (χ4n) is 2.20. The van der Waals surface area contributed by atoms with Crippen LogP contribution in [0.2, 0.25) is 5.02 Å². The van der Waals surface area contributed by atoms with Gasteiger partial charge in [0.25, 0.3) is 0 Å². The number of carbonyl (C=O) groups is 2. The van der Waals surface area contributed by atoms with E-state index in [4.69, 9.17) is 21.1 Å². The molecule has 0 unspecified atom stereocenters. The minimum atomic E-state index is -0.610. The summed E-state index contributed by atoms with van der Waals surface area (Å²) in [5.41, 5.74) is 0.184. The number of benzene rings is 1. The summed E-state index contributed by atoms with van der Waals surface area (Å²) < 4.78 is 10.3. The van der Waals surface area contributed by atoms with E-state index < -0.39 is 23.8 Å². The number of aliphatic hydroxyl groups is 1. The van der Waals surface area contributed by atoms with E-state index in [0.717, 1.165) is 0 Å². The molecule has 3 N–H and O–H groups in total. The predicted molar refractivity (Wildman–Crippen MR) is 104 cm³/mol. The number of ether oxygens (including phenoxy) is 2. The lowest BCUT2D eigenvalue weighted by atomic mass is 10.1. The Kier molecular flexibility index (Phi) is 9.96. The van der Waals surface area contributed by atoms with E-state index >= 15 is 0 Å². The zero-order valence-corrected chi connectivity index (χ0v) is 16.8. The fraction of sp³-hybridized carbons (Fsp3) is 0.579. The van der Waals surface area contributed by atoms with Gasteiger partial charge in [0.15, 0.2) is 0 Å². The maximum Gasteiger partial charge on any atom is 0.407 e. The molecule has 0 saturated heterocycles. The summed E-state index contributed by atoms with van der Waals surface area (Å²) in [6, 6.07) is 6.69. The molecule has 1 aromatic carbocycles. The molecular weight excluding hydrogens is 372 g/mol. The summed E-state index contributed by atoms with van der Waals surface area (Å²) in [4.78, 5) is 23.4. The van der Waals surface area contributed by atoms with Crippen molar-refractivity contribution in [3.63, 3.8) is 0 Å². The van der Waals surface area contributed by atoms with Gasteiger partial charge >= 0.3 is 12.2 Å². The summed E-state index contributed by atoms with van der Waals surface area (Å²) in [5, 5.41) is 15.2. The quantitative estimate of drug-likeness (QED) is 0.550. The number of amides is 2. The summed E-state index contributed by atoms with van der Waals surface area (Å²) in [7, 11) is 0. The van der Waals surface area contributed by atoms with Crippen molar-refractivity contribution >= 4 is 23.8 Å². The Labute approximate surface area is 165 Å². The molecule has 0 radical (unpaired) electrons. The van der Waals surface area contributed by atoms with Crippen molar-refractivity contribution in [2.45, 2.75) is 58.3 Å². The molecule has 0 saturated carbocycles. The van der Waals surface area contributed by atoms with E-state index in [9.17, 15) is 14.7 Å². The molecule has 152 valence electrons. The average molecular weight is 401 g/mol. The Hall–Kier alpha value is -1.99. The molecular formula is C19H29ClN2O5. The molecule has 0 aliphatic rings. The Morgan fingerprint density at radius 2 is 1.89 bits per heavy atom. The normalized spacial score (nSPS) is 12.2. The number of carbonyl (C=O) groups excluding carboxylic acids is 2. The van der Waals surface area contributed by atoms with Gasteiger partial charge in [-0.2, -0.15) is 0 Å². The van der Waals surface area contributed by atoms with Crippen LogP contribution in [-0.4, -0.2) is 42.1 Å². The second-order valence-corrected chi connectivity index (χ2v) is 7.52. The van der Waals surface area contributed by atoms with Gasteiger partial charge in [-0.3, -0.25) is 0 Å². The number of halogens is 1. The molecule has 0 spiro atoms. The summed E-state index contributed by atoms with van der Waals surface area (Å²) in [6.45, 7) is 5.73. The van der Waals surface area contributed by atoms with E-state index in [1.807, 2.05) is 6.07 Å². The second-order valence-electron chi connectivity index (χ2n) is 7.12. The highest BCUT2D eigenvalue weighted by Gasteiger charge is 2.16. The van der Waals surface area contributed by atoms with Crippen molar-refractivity contribution in [2.75, 3.05) is 13.2 Å². The number of rotatable bonds is 9. The molecule has 0 bridgehead atoms. The van der Waals surface area contributed by atoms with Gasteiger partial charge in [0.05, 0.1) is 12.6 Å². The van der Waals surface area contributed by atoms with Crippen molar-refractivity contribution in [3.8, 4) is 0 Å². The number of hydrogen-bond acceptors (Lipinski definition) is 5. The van der Waals surface area contributed by atoms with Gasteiger partial charge in [-0.1, -0.05) is 29.8 Å². The van der Waals surface area contributed by atoms with Crippen LogP contribution in [0, 0.1) is 0 Å². The highest BCUT2D eigenvalue weighted by atomic mass is 35.5. The molecule has 1 aromatic rings. The molecule has 0 aliphatic heterocycles. The summed E-state index contributed by atoms with van der Waals surface area (Å²) in [5.74, 6) is 0. The number of hydrogen-bond donors (Lipinski definition) is 3. The Morgan fingerprint density at radius 1 is 1.19 bits per heavy atom. The van der Waals surface area contributed by atoms with Crippen LogP contribution < -0.4 is 10.6 Å². The lowest BCUT2D eigenvalue weighted by molar-refractivity contribution is 0.0526. The zero-order chi connectivity index (χ0) is 20.3. The lowest BCUT2D eigenvalue weighted by Gasteiger charge is -2.20. The third kappa shape index (κ3) is 10.7. The van der Waals surface area contributed by atoms with Crippen LogP contribution in [0.3, 0.4) is 0 Å². The first-order valence-electron chi connectivity index (χ1n) is 8.95. The van der Waals surface area contributed by atoms with E-state index in [1.165, 1.54) is 0 Å². The lowest BCUT2D eigenvalue weighted by Crippen LogP contribution is -2.38. The molecule has 0 heterocycles. The first kappa shape index (κ1) is 23.0. The first-order valence-corrected chi connectivity index (χ1v) is 9.33. The Morgan fingerprint density at radius 3 is 2.52 bits per heavy atom. The van der Waals surface area contributed by atoms with Crippen LogP contribution in [0.5, 0.6) is 0 Å². The minimum absolute atomic E-state index is 0.0590. The number of aliphatic hydroxyl groups excluding tert-OH is 1. The summed E-state index contributed by atoms with van der Waals surface area (Å²) in [6.07, 6.45) is 0.911. The molecule has 0 aliphatic carbocycles. The van der Waals surface area contributed by atoms with Gasteiger partial charge in [-0.05, 0) is 46.1 Å². The van der Waals surface area contributed by atoms with Crippen LogP contribution in [-0.2, 0) is 16.1 Å². The van der Waals surface area contributed by atoms with Gasteiger partial charge in [-0.15, -0.1) is 0 Å². The van der Waals surface area contributed by atoms with Gasteiger partial charge in [0.1, 0.15) is 12.2 Å². The van der Waals surface area contributed by atoms with Gasteiger partial charge < -0.3 is 25.2 Å². The molecule has 1 rings (SSSR count). The SMILES string of the molecule is CC(C)(C)OC(=O)NCCCC[C@@H](CO)NC(=O)OCc1ccccc1Cl. The van der Waals surface area contributed by atoms with Crippen molar-refractivity contribution in [3.05, 3.63) is 34.9 Å². The van der Waals surface area contributed by atoms with E-state index in [2.05, 4.69) is 10.6 Å². The van der Waals surface area contributed by atoms with E-state index in [-0.39, 0.29) is 13.2 Å². The van der Waals surface area contributed by atoms with Crippen molar-refractivity contribution in [2.24, 2.45) is 0 Å². The van der Waals surface area contributed by atoms with Crippen LogP contribution in [0.4, 0.5) is 9.59 Å². The molecule has 2 amide bonds. The standard InChI is InChI=1S/C19H29ClN2O5/c1-19(2,3)27-17(24)21-11-7-6-9-15(12-23)22-18(25)26-13-14-8-4-5-10-16(14)20/h4-5,8,10,15,23H,6-7,9,11-13H2,1-3H3,(H,21,24)(H,22,25)/t15-/m0/s1. The zero-order valence-electron chi connectivity index (χ0n) is 16.1. The topological polar surface area (TPSA) is 96.9 Å². The average Bonchev–Trinajstić information content (AvgIpc) is 2.58. The minimum Gasteiger partial charge on any atom is -0.445 e.